The molecule has 1 fully saturated rings. The molecule has 1 aliphatic rings. The van der Waals surface area contributed by atoms with Crippen LogP contribution in [0.25, 0.3) is 0 Å². The molecular formula is C11H19N5O4S. The Morgan fingerprint density at radius 1 is 1.48 bits per heavy atom. The van der Waals surface area contributed by atoms with Crippen LogP contribution in [0.3, 0.4) is 0 Å². The van der Waals surface area contributed by atoms with Crippen molar-refractivity contribution >= 4 is 21.5 Å². The van der Waals surface area contributed by atoms with Crippen molar-refractivity contribution in [3.63, 3.8) is 0 Å². The molecule has 1 aromatic rings. The molecule has 1 saturated heterocycles. The zero-order valence-corrected chi connectivity index (χ0v) is 13.1. The van der Waals surface area contributed by atoms with Gasteiger partial charge in [0.05, 0.1) is 10.7 Å². The number of nitrogens with zero attached hydrogens (tertiary/aromatic N) is 4. The normalized spacial score (nSPS) is 16.7. The molecule has 21 heavy (non-hydrogen) atoms. The van der Waals surface area contributed by atoms with Crippen molar-refractivity contribution in [2.24, 2.45) is 13.0 Å². The number of anilines is 1. The van der Waals surface area contributed by atoms with Crippen molar-refractivity contribution in [3.05, 3.63) is 15.8 Å². The molecule has 2 heterocycles. The molecule has 0 radical (unpaired) electrons. The van der Waals surface area contributed by atoms with Crippen molar-refractivity contribution in [3.8, 4) is 0 Å². The largest absolute Gasteiger partial charge is 0.364 e. The van der Waals surface area contributed by atoms with Crippen LogP contribution in [-0.4, -0.2) is 52.8 Å². The van der Waals surface area contributed by atoms with Gasteiger partial charge in [-0.15, -0.1) is 0 Å². The molecule has 0 unspecified atom stereocenters. The molecule has 0 aromatic carbocycles. The molecule has 0 saturated carbocycles. The standard InChI is InChI=1S/C11H19N5O4S/c1-4-21(19,20)15-6-9(7-15)5-12-11-10(16(17)18)8(2)13-14(11)3/h9,12H,4-7H2,1-3H3. The second kappa shape index (κ2) is 5.60. The third-order valence-corrected chi connectivity index (χ3v) is 5.43. The lowest BCUT2D eigenvalue weighted by Gasteiger charge is -2.37. The Morgan fingerprint density at radius 3 is 2.62 bits per heavy atom. The number of sulfonamides is 1. The Kier molecular flexibility index (Phi) is 4.19. The van der Waals surface area contributed by atoms with Gasteiger partial charge in [0, 0.05) is 32.6 Å². The van der Waals surface area contributed by atoms with Gasteiger partial charge in [0.1, 0.15) is 5.69 Å². The molecule has 1 aromatic heterocycles. The highest BCUT2D eigenvalue weighted by Crippen LogP contribution is 2.28. The zero-order chi connectivity index (χ0) is 15.8. The van der Waals surface area contributed by atoms with Crippen LogP contribution in [0.4, 0.5) is 11.5 Å². The van der Waals surface area contributed by atoms with Gasteiger partial charge < -0.3 is 5.32 Å². The SMILES string of the molecule is CCS(=O)(=O)N1CC(CNc2c([N+](=O)[O-])c(C)nn2C)C1. The summed E-state index contributed by atoms with van der Waals surface area (Å²) in [4.78, 5) is 10.6. The van der Waals surface area contributed by atoms with Crippen molar-refractivity contribution in [1.29, 1.82) is 0 Å². The maximum Gasteiger partial charge on any atom is 0.333 e. The summed E-state index contributed by atoms with van der Waals surface area (Å²) >= 11 is 0. The van der Waals surface area contributed by atoms with Crippen molar-refractivity contribution in [2.45, 2.75) is 13.8 Å². The van der Waals surface area contributed by atoms with E-state index in [1.54, 1.807) is 20.9 Å². The second-order valence-electron chi connectivity index (χ2n) is 5.13. The van der Waals surface area contributed by atoms with Gasteiger partial charge in [-0.2, -0.15) is 5.10 Å². The molecule has 1 aliphatic heterocycles. The highest BCUT2D eigenvalue weighted by molar-refractivity contribution is 7.89. The molecule has 0 aliphatic carbocycles. The third-order valence-electron chi connectivity index (χ3n) is 3.61. The van der Waals surface area contributed by atoms with Crippen LogP contribution in [0.1, 0.15) is 12.6 Å². The minimum Gasteiger partial charge on any atom is -0.364 e. The summed E-state index contributed by atoms with van der Waals surface area (Å²) in [6.07, 6.45) is 0. The van der Waals surface area contributed by atoms with E-state index in [4.69, 9.17) is 0 Å². The van der Waals surface area contributed by atoms with E-state index in [0.29, 0.717) is 31.1 Å². The van der Waals surface area contributed by atoms with E-state index in [1.807, 2.05) is 0 Å². The second-order valence-corrected chi connectivity index (χ2v) is 7.39. The van der Waals surface area contributed by atoms with Gasteiger partial charge in [0.15, 0.2) is 0 Å². The average Bonchev–Trinajstić information content (AvgIpc) is 2.61. The number of nitro groups is 1. The third kappa shape index (κ3) is 3.00. The number of rotatable bonds is 6. The smallest absolute Gasteiger partial charge is 0.333 e. The van der Waals surface area contributed by atoms with E-state index in [1.165, 1.54) is 8.99 Å². The fraction of sp³-hybridized carbons (Fsp3) is 0.727. The first kappa shape index (κ1) is 15.7. The van der Waals surface area contributed by atoms with Gasteiger partial charge in [-0.3, -0.25) is 10.1 Å². The van der Waals surface area contributed by atoms with Crippen LogP contribution >= 0.6 is 0 Å². The fourth-order valence-electron chi connectivity index (χ4n) is 2.37. The summed E-state index contributed by atoms with van der Waals surface area (Å²) in [5.74, 6) is 0.606. The molecular weight excluding hydrogens is 298 g/mol. The van der Waals surface area contributed by atoms with E-state index >= 15 is 0 Å². The Labute approximate surface area is 123 Å². The summed E-state index contributed by atoms with van der Waals surface area (Å²) in [5, 5.41) is 18.1. The highest BCUT2D eigenvalue weighted by Gasteiger charge is 2.35. The Morgan fingerprint density at radius 2 is 2.10 bits per heavy atom. The summed E-state index contributed by atoms with van der Waals surface area (Å²) in [5.41, 5.74) is 0.323. The fourth-order valence-corrected chi connectivity index (χ4v) is 3.61. The van der Waals surface area contributed by atoms with Crippen molar-refractivity contribution < 1.29 is 13.3 Å². The number of hydrogen-bond donors (Lipinski definition) is 1. The molecule has 0 spiro atoms. The summed E-state index contributed by atoms with van der Waals surface area (Å²) in [7, 11) is -1.49. The van der Waals surface area contributed by atoms with E-state index in [9.17, 15) is 18.5 Å². The van der Waals surface area contributed by atoms with Crippen molar-refractivity contribution in [1.82, 2.24) is 14.1 Å². The summed E-state index contributed by atoms with van der Waals surface area (Å²) in [6, 6.07) is 0. The highest BCUT2D eigenvalue weighted by atomic mass is 32.2. The summed E-state index contributed by atoms with van der Waals surface area (Å²) in [6.45, 7) is 4.59. The first-order valence-corrected chi connectivity index (χ1v) is 8.26. The Hall–Kier alpha value is -1.68. The molecule has 0 bridgehead atoms. The maximum atomic E-state index is 11.6. The predicted octanol–water partition coefficient (Wildman–Crippen LogP) is 0.330. The van der Waals surface area contributed by atoms with Gasteiger partial charge >= 0.3 is 5.69 Å². The Balaban J connectivity index is 1.96. The Bertz CT molecular complexity index is 648. The molecule has 10 heteroatoms. The summed E-state index contributed by atoms with van der Waals surface area (Å²) < 4.78 is 26.1. The molecule has 1 N–H and O–H groups in total. The number of aryl methyl sites for hydroxylation is 2. The quantitative estimate of drug-likeness (QED) is 0.598. The molecule has 0 atom stereocenters. The van der Waals surface area contributed by atoms with Crippen LogP contribution in [0.5, 0.6) is 0 Å². The van der Waals surface area contributed by atoms with Gasteiger partial charge in [-0.25, -0.2) is 17.4 Å². The van der Waals surface area contributed by atoms with E-state index in [-0.39, 0.29) is 17.4 Å². The van der Waals surface area contributed by atoms with E-state index < -0.39 is 14.9 Å². The number of nitrogens with one attached hydrogen (secondary N) is 1. The zero-order valence-electron chi connectivity index (χ0n) is 12.2. The van der Waals surface area contributed by atoms with Crippen LogP contribution in [0.15, 0.2) is 0 Å². The van der Waals surface area contributed by atoms with Crippen LogP contribution in [-0.2, 0) is 17.1 Å². The molecule has 2 rings (SSSR count). The number of hydrogen-bond acceptors (Lipinski definition) is 6. The minimum absolute atomic E-state index is 0.0325. The lowest BCUT2D eigenvalue weighted by Crippen LogP contribution is -2.52. The van der Waals surface area contributed by atoms with Gasteiger partial charge in [0.2, 0.25) is 15.8 Å². The first-order valence-electron chi connectivity index (χ1n) is 6.66. The average molecular weight is 317 g/mol. The van der Waals surface area contributed by atoms with Crippen LogP contribution < -0.4 is 5.32 Å². The molecule has 0 amide bonds. The number of aromatic nitrogens is 2. The topological polar surface area (TPSA) is 110 Å². The van der Waals surface area contributed by atoms with Crippen LogP contribution in [0, 0.1) is 23.0 Å². The lowest BCUT2D eigenvalue weighted by molar-refractivity contribution is -0.384. The maximum absolute atomic E-state index is 11.6. The monoisotopic (exact) mass is 317 g/mol. The van der Waals surface area contributed by atoms with E-state index in [2.05, 4.69) is 10.4 Å². The predicted molar refractivity (Wildman–Crippen MR) is 77.6 cm³/mol. The lowest BCUT2D eigenvalue weighted by atomic mass is 10.0. The van der Waals surface area contributed by atoms with E-state index in [0.717, 1.165) is 0 Å². The minimum atomic E-state index is -3.12. The first-order chi connectivity index (χ1) is 9.76. The van der Waals surface area contributed by atoms with Gasteiger partial charge in [-0.1, -0.05) is 0 Å². The van der Waals surface area contributed by atoms with Gasteiger partial charge in [-0.05, 0) is 13.8 Å². The molecule has 9 nitrogen and oxygen atoms in total. The van der Waals surface area contributed by atoms with Crippen molar-refractivity contribution in [2.75, 3.05) is 30.7 Å². The van der Waals surface area contributed by atoms with Crippen LogP contribution in [0.2, 0.25) is 0 Å². The molecule has 118 valence electrons. The van der Waals surface area contributed by atoms with Gasteiger partial charge in [0.25, 0.3) is 0 Å².